The molecule has 3 rings (SSSR count). The summed E-state index contributed by atoms with van der Waals surface area (Å²) >= 11 is 0. The zero-order chi connectivity index (χ0) is 15.9. The van der Waals surface area contributed by atoms with Crippen molar-refractivity contribution in [3.8, 4) is 0 Å². The lowest BCUT2D eigenvalue weighted by Gasteiger charge is -2.38. The Kier molecular flexibility index (Phi) is 3.96. The summed E-state index contributed by atoms with van der Waals surface area (Å²) in [7, 11) is -0.452. The highest BCUT2D eigenvalue weighted by atomic mass is 32.2. The number of carbonyl (C=O) groups excluding carboxylic acids is 1. The number of ether oxygens (including phenoxy) is 1. The summed E-state index contributed by atoms with van der Waals surface area (Å²) in [5.74, 6) is -0.557. The molecule has 1 aromatic heterocycles. The number of aryl methyl sites for hydroxylation is 1. The van der Waals surface area contributed by atoms with Crippen LogP contribution in [0, 0.1) is 5.92 Å². The highest BCUT2D eigenvalue weighted by Gasteiger charge is 2.47. The standard InChI is InChI=1S/C13H20N4O4S/c1-14-13(18)9-5-11-10(3-4-21-11)17(6-9)22(19,20)12-7-16(2)8-15-12/h7-11H,3-6H2,1-2H3,(H,14,18)/t9-,10+,11+/m0/s1. The monoisotopic (exact) mass is 328 g/mol. The van der Waals surface area contributed by atoms with Gasteiger partial charge in [-0.1, -0.05) is 0 Å². The molecule has 0 radical (unpaired) electrons. The smallest absolute Gasteiger partial charge is 0.262 e. The van der Waals surface area contributed by atoms with Gasteiger partial charge < -0.3 is 14.6 Å². The number of amides is 1. The minimum atomic E-state index is -3.73. The third kappa shape index (κ3) is 2.53. The second kappa shape index (κ2) is 5.64. The van der Waals surface area contributed by atoms with E-state index in [4.69, 9.17) is 4.74 Å². The van der Waals surface area contributed by atoms with Crippen molar-refractivity contribution in [1.29, 1.82) is 0 Å². The Morgan fingerprint density at radius 1 is 1.50 bits per heavy atom. The number of piperidine rings is 1. The van der Waals surface area contributed by atoms with Crippen LogP contribution >= 0.6 is 0 Å². The molecule has 0 aromatic carbocycles. The first-order valence-electron chi connectivity index (χ1n) is 7.26. The van der Waals surface area contributed by atoms with Crippen LogP contribution in [0.15, 0.2) is 17.6 Å². The molecule has 1 amide bonds. The van der Waals surface area contributed by atoms with Crippen molar-refractivity contribution in [2.75, 3.05) is 20.2 Å². The summed E-state index contributed by atoms with van der Waals surface area (Å²) in [6, 6.07) is -0.215. The lowest BCUT2D eigenvalue weighted by molar-refractivity contribution is -0.127. The fourth-order valence-corrected chi connectivity index (χ4v) is 4.91. The van der Waals surface area contributed by atoms with Gasteiger partial charge in [0.05, 0.1) is 24.4 Å². The molecule has 2 aliphatic heterocycles. The molecule has 1 N–H and O–H groups in total. The normalized spacial score (nSPS) is 29.3. The molecule has 3 heterocycles. The minimum absolute atomic E-state index is 0.0122. The van der Waals surface area contributed by atoms with Gasteiger partial charge in [0.15, 0.2) is 5.03 Å². The molecule has 0 spiro atoms. The van der Waals surface area contributed by atoms with E-state index >= 15 is 0 Å². The van der Waals surface area contributed by atoms with Gasteiger partial charge >= 0.3 is 0 Å². The van der Waals surface area contributed by atoms with Crippen molar-refractivity contribution in [3.63, 3.8) is 0 Å². The van der Waals surface area contributed by atoms with Gasteiger partial charge in [0.1, 0.15) is 0 Å². The van der Waals surface area contributed by atoms with E-state index in [1.54, 1.807) is 18.7 Å². The van der Waals surface area contributed by atoms with E-state index < -0.39 is 15.9 Å². The van der Waals surface area contributed by atoms with Crippen LogP contribution < -0.4 is 5.32 Å². The molecule has 3 atom stereocenters. The van der Waals surface area contributed by atoms with Gasteiger partial charge in [0.25, 0.3) is 10.0 Å². The Hall–Kier alpha value is -1.45. The molecule has 22 heavy (non-hydrogen) atoms. The molecule has 9 heteroatoms. The number of nitrogens with one attached hydrogen (secondary N) is 1. The Labute approximate surface area is 129 Å². The number of aromatic nitrogens is 2. The molecule has 8 nitrogen and oxygen atoms in total. The number of carbonyl (C=O) groups is 1. The molecule has 0 aliphatic carbocycles. The molecule has 0 unspecified atom stereocenters. The van der Waals surface area contributed by atoms with Gasteiger partial charge in [-0.3, -0.25) is 4.79 Å². The molecular formula is C13H20N4O4S. The second-order valence-corrected chi connectivity index (χ2v) is 7.60. The van der Waals surface area contributed by atoms with Crippen molar-refractivity contribution < 1.29 is 17.9 Å². The van der Waals surface area contributed by atoms with Crippen LogP contribution in [0.1, 0.15) is 12.8 Å². The lowest BCUT2D eigenvalue weighted by atomic mass is 9.91. The Morgan fingerprint density at radius 2 is 2.27 bits per heavy atom. The molecule has 2 fully saturated rings. The predicted octanol–water partition coefficient (Wildman–Crippen LogP) is -0.666. The van der Waals surface area contributed by atoms with Crippen LogP contribution in [-0.2, 0) is 26.6 Å². The summed E-state index contributed by atoms with van der Waals surface area (Å²) in [5, 5.41) is 2.61. The first kappa shape index (κ1) is 15.4. The third-order valence-corrected chi connectivity index (χ3v) is 6.11. The van der Waals surface area contributed by atoms with E-state index in [1.165, 1.54) is 16.8 Å². The Bertz CT molecular complexity index is 671. The topological polar surface area (TPSA) is 93.5 Å². The summed E-state index contributed by atoms with van der Waals surface area (Å²) in [6.07, 6.45) is 3.91. The number of hydrogen-bond donors (Lipinski definition) is 1. The van der Waals surface area contributed by atoms with Crippen molar-refractivity contribution in [2.45, 2.75) is 30.0 Å². The van der Waals surface area contributed by atoms with E-state index in [0.717, 1.165) is 0 Å². The number of fused-ring (bicyclic) bond motifs is 1. The highest BCUT2D eigenvalue weighted by Crippen LogP contribution is 2.34. The van der Waals surface area contributed by atoms with E-state index in [0.29, 0.717) is 19.4 Å². The first-order valence-corrected chi connectivity index (χ1v) is 8.70. The van der Waals surface area contributed by atoms with Crippen LogP contribution in [0.3, 0.4) is 0 Å². The molecule has 122 valence electrons. The fraction of sp³-hybridized carbons (Fsp3) is 0.692. The highest BCUT2D eigenvalue weighted by molar-refractivity contribution is 7.89. The SMILES string of the molecule is CNC(=O)[C@H]1C[C@H]2OCC[C@H]2N(S(=O)(=O)c2cn(C)cn2)C1. The van der Waals surface area contributed by atoms with Gasteiger partial charge in [-0.2, -0.15) is 4.31 Å². The van der Waals surface area contributed by atoms with E-state index in [2.05, 4.69) is 10.3 Å². The van der Waals surface area contributed by atoms with E-state index in [9.17, 15) is 13.2 Å². The minimum Gasteiger partial charge on any atom is -0.376 e. The van der Waals surface area contributed by atoms with Crippen molar-refractivity contribution in [3.05, 3.63) is 12.5 Å². The van der Waals surface area contributed by atoms with Crippen LogP contribution in [0.25, 0.3) is 0 Å². The summed E-state index contributed by atoms with van der Waals surface area (Å²) in [5.41, 5.74) is 0. The molecule has 0 bridgehead atoms. The first-order chi connectivity index (χ1) is 10.4. The molecular weight excluding hydrogens is 308 g/mol. The zero-order valence-electron chi connectivity index (χ0n) is 12.6. The van der Waals surface area contributed by atoms with Gasteiger partial charge in [-0.05, 0) is 12.8 Å². The molecule has 2 aliphatic rings. The maximum atomic E-state index is 12.9. The average molecular weight is 328 g/mol. The Morgan fingerprint density at radius 3 is 2.91 bits per heavy atom. The van der Waals surface area contributed by atoms with E-state index in [-0.39, 0.29) is 29.6 Å². The van der Waals surface area contributed by atoms with Gasteiger partial charge in [0.2, 0.25) is 5.91 Å². The van der Waals surface area contributed by atoms with Gasteiger partial charge in [-0.15, -0.1) is 0 Å². The van der Waals surface area contributed by atoms with Crippen LogP contribution in [-0.4, -0.2) is 60.5 Å². The average Bonchev–Trinajstić information content (AvgIpc) is 3.13. The number of hydrogen-bond acceptors (Lipinski definition) is 5. The number of sulfonamides is 1. The Balaban J connectivity index is 1.94. The predicted molar refractivity (Wildman–Crippen MR) is 77.4 cm³/mol. The maximum absolute atomic E-state index is 12.9. The van der Waals surface area contributed by atoms with Gasteiger partial charge in [-0.25, -0.2) is 13.4 Å². The number of rotatable bonds is 3. The second-order valence-electron chi connectivity index (χ2n) is 5.76. The maximum Gasteiger partial charge on any atom is 0.262 e. The summed E-state index contributed by atoms with van der Waals surface area (Å²) in [6.45, 7) is 0.688. The van der Waals surface area contributed by atoms with Crippen LogP contribution in [0.2, 0.25) is 0 Å². The fourth-order valence-electron chi connectivity index (χ4n) is 3.21. The van der Waals surface area contributed by atoms with Crippen LogP contribution in [0.5, 0.6) is 0 Å². The molecule has 0 saturated carbocycles. The van der Waals surface area contributed by atoms with Gasteiger partial charge in [0, 0.05) is 33.4 Å². The lowest BCUT2D eigenvalue weighted by Crippen LogP contribution is -2.54. The largest absolute Gasteiger partial charge is 0.376 e. The zero-order valence-corrected chi connectivity index (χ0v) is 13.4. The van der Waals surface area contributed by atoms with E-state index in [1.807, 2.05) is 0 Å². The van der Waals surface area contributed by atoms with Crippen molar-refractivity contribution in [2.24, 2.45) is 13.0 Å². The van der Waals surface area contributed by atoms with Crippen molar-refractivity contribution in [1.82, 2.24) is 19.2 Å². The van der Waals surface area contributed by atoms with Crippen LogP contribution in [0.4, 0.5) is 0 Å². The molecule has 2 saturated heterocycles. The summed E-state index contributed by atoms with van der Waals surface area (Å²) < 4.78 is 34.4. The van der Waals surface area contributed by atoms with Crippen molar-refractivity contribution >= 4 is 15.9 Å². The molecule has 1 aromatic rings. The number of nitrogens with zero attached hydrogens (tertiary/aromatic N) is 3. The third-order valence-electron chi connectivity index (χ3n) is 4.33. The summed E-state index contributed by atoms with van der Waals surface area (Å²) in [4.78, 5) is 15.9. The quantitative estimate of drug-likeness (QED) is 0.794. The number of imidazole rings is 1.